The summed E-state index contributed by atoms with van der Waals surface area (Å²) in [5.74, 6) is 5.88. The molecule has 0 aromatic rings. The molecule has 0 aromatic heterocycles. The first kappa shape index (κ1) is 22.2. The molecule has 4 aliphatic rings. The lowest BCUT2D eigenvalue weighted by Crippen LogP contribution is -2.61. The van der Waals surface area contributed by atoms with Crippen molar-refractivity contribution in [3.05, 3.63) is 0 Å². The molecule has 0 spiro atoms. The van der Waals surface area contributed by atoms with Crippen LogP contribution in [0.1, 0.15) is 112 Å². The van der Waals surface area contributed by atoms with E-state index in [2.05, 4.69) is 53.5 Å². The van der Waals surface area contributed by atoms with Crippen molar-refractivity contribution in [3.63, 3.8) is 0 Å². The predicted molar refractivity (Wildman–Crippen MR) is 126 cm³/mol. The number of likely N-dealkylation sites (tertiary alicyclic amines) is 1. The largest absolute Gasteiger partial charge is 0.300 e. The zero-order chi connectivity index (χ0) is 21.0. The van der Waals surface area contributed by atoms with E-state index in [0.717, 1.165) is 47.6 Å². The third kappa shape index (κ3) is 3.64. The lowest BCUT2D eigenvalue weighted by atomic mass is 9.46. The Kier molecular flexibility index (Phi) is 6.22. The zero-order valence-corrected chi connectivity index (χ0v) is 20.8. The van der Waals surface area contributed by atoms with E-state index in [0.29, 0.717) is 10.8 Å². The van der Waals surface area contributed by atoms with Crippen molar-refractivity contribution in [2.75, 3.05) is 7.05 Å². The third-order valence-electron chi connectivity index (χ3n) is 11.3. The van der Waals surface area contributed by atoms with Gasteiger partial charge in [0, 0.05) is 12.1 Å². The van der Waals surface area contributed by atoms with Gasteiger partial charge in [-0.25, -0.2) is 0 Å². The maximum atomic E-state index is 2.78. The number of hydrogen-bond donors (Lipinski definition) is 0. The number of rotatable bonds is 5. The molecule has 1 nitrogen and oxygen atoms in total. The molecule has 1 heteroatoms. The van der Waals surface area contributed by atoms with E-state index in [1.807, 2.05) is 0 Å². The first-order valence-electron chi connectivity index (χ1n) is 13.4. The van der Waals surface area contributed by atoms with E-state index < -0.39 is 0 Å². The van der Waals surface area contributed by atoms with Crippen LogP contribution in [0.4, 0.5) is 0 Å². The molecule has 0 unspecified atom stereocenters. The molecule has 4 rings (SSSR count). The molecule has 4 fully saturated rings. The van der Waals surface area contributed by atoms with E-state index in [1.165, 1.54) is 64.2 Å². The topological polar surface area (TPSA) is 3.24 Å². The Labute approximate surface area is 182 Å². The van der Waals surface area contributed by atoms with Gasteiger partial charge in [-0.05, 0) is 112 Å². The van der Waals surface area contributed by atoms with Crippen molar-refractivity contribution in [2.45, 2.75) is 124 Å². The maximum Gasteiger partial charge on any atom is 0.0152 e. The van der Waals surface area contributed by atoms with Gasteiger partial charge in [0.25, 0.3) is 0 Å². The molecular formula is C28H51N. The van der Waals surface area contributed by atoms with E-state index in [9.17, 15) is 0 Å². The fourth-order valence-electron chi connectivity index (χ4n) is 9.51. The summed E-state index contributed by atoms with van der Waals surface area (Å²) in [4.78, 5) is 2.78. The van der Waals surface area contributed by atoms with E-state index >= 15 is 0 Å². The van der Waals surface area contributed by atoms with Crippen molar-refractivity contribution >= 4 is 0 Å². The van der Waals surface area contributed by atoms with E-state index in [1.54, 1.807) is 6.42 Å². The third-order valence-corrected chi connectivity index (χ3v) is 11.3. The Hall–Kier alpha value is -0.0400. The Bertz CT molecular complexity index is 569. The van der Waals surface area contributed by atoms with Gasteiger partial charge in [-0.3, -0.25) is 0 Å². The highest BCUT2D eigenvalue weighted by Crippen LogP contribution is 2.67. The molecule has 29 heavy (non-hydrogen) atoms. The molecule has 3 aliphatic carbocycles. The summed E-state index contributed by atoms with van der Waals surface area (Å²) in [5.41, 5.74) is 1.24. The average molecular weight is 402 g/mol. The van der Waals surface area contributed by atoms with Crippen LogP contribution in [-0.4, -0.2) is 24.0 Å². The van der Waals surface area contributed by atoms with Gasteiger partial charge in [-0.1, -0.05) is 53.9 Å². The van der Waals surface area contributed by atoms with Crippen molar-refractivity contribution in [1.82, 2.24) is 4.90 Å². The fourth-order valence-corrected chi connectivity index (χ4v) is 9.51. The molecule has 3 saturated carbocycles. The standard InChI is InChI=1S/C28H51N/c1-19(2)9-8-10-20(3)23-12-13-24-22-11-14-26-28(6,17-15-21(4)29(26)7)25(22)16-18-27(23,24)5/h19-26H,8-18H2,1-7H3/t20-,21+,22-,23+,24+,25+,26-,27-,28+/m0/s1. The SMILES string of the molecule is CC(C)CCC[C@H](C)[C@H]1CC[C@@H]2[C@@H]3CC[C@@H]4N(C)[C@H](C)CC[C@]4(C)[C@@H]3CC[C@]21C. The summed E-state index contributed by atoms with van der Waals surface area (Å²) in [6.07, 6.45) is 16.4. The van der Waals surface area contributed by atoms with Crippen LogP contribution >= 0.6 is 0 Å². The molecular weight excluding hydrogens is 350 g/mol. The Balaban J connectivity index is 1.48. The van der Waals surface area contributed by atoms with Gasteiger partial charge in [0.2, 0.25) is 0 Å². The van der Waals surface area contributed by atoms with Gasteiger partial charge in [0.15, 0.2) is 0 Å². The minimum Gasteiger partial charge on any atom is -0.300 e. The lowest BCUT2D eigenvalue weighted by molar-refractivity contribution is -0.135. The van der Waals surface area contributed by atoms with E-state index in [-0.39, 0.29) is 0 Å². The smallest absolute Gasteiger partial charge is 0.0152 e. The molecule has 0 N–H and O–H groups in total. The van der Waals surface area contributed by atoms with Gasteiger partial charge in [0.05, 0.1) is 0 Å². The number of hydrogen-bond acceptors (Lipinski definition) is 1. The number of piperidine rings is 1. The van der Waals surface area contributed by atoms with Crippen LogP contribution in [0, 0.1) is 46.3 Å². The van der Waals surface area contributed by atoms with Crippen molar-refractivity contribution < 1.29 is 0 Å². The van der Waals surface area contributed by atoms with Crippen LogP contribution in [-0.2, 0) is 0 Å². The second kappa shape index (κ2) is 8.14. The Morgan fingerprint density at radius 3 is 2.24 bits per heavy atom. The second-order valence-electron chi connectivity index (χ2n) is 13.1. The minimum absolute atomic E-state index is 0.590. The van der Waals surface area contributed by atoms with Crippen molar-refractivity contribution in [2.24, 2.45) is 46.3 Å². The predicted octanol–water partition coefficient (Wildman–Crippen LogP) is 7.79. The molecule has 0 aromatic carbocycles. The quantitative estimate of drug-likeness (QED) is 0.454. The summed E-state index contributed by atoms with van der Waals surface area (Å²) in [6, 6.07) is 1.64. The van der Waals surface area contributed by atoms with Crippen LogP contribution in [0.2, 0.25) is 0 Å². The zero-order valence-electron chi connectivity index (χ0n) is 20.8. The van der Waals surface area contributed by atoms with Crippen LogP contribution in [0.5, 0.6) is 0 Å². The average Bonchev–Trinajstić information content (AvgIpc) is 3.02. The highest BCUT2D eigenvalue weighted by Gasteiger charge is 2.61. The molecule has 1 saturated heterocycles. The lowest BCUT2D eigenvalue weighted by Gasteiger charge is -2.63. The molecule has 168 valence electrons. The minimum atomic E-state index is 0.590. The highest BCUT2D eigenvalue weighted by atomic mass is 15.2. The van der Waals surface area contributed by atoms with Crippen molar-refractivity contribution in [3.8, 4) is 0 Å². The Morgan fingerprint density at radius 2 is 1.52 bits per heavy atom. The molecule has 0 bridgehead atoms. The monoisotopic (exact) mass is 401 g/mol. The summed E-state index contributed by atoms with van der Waals surface area (Å²) < 4.78 is 0. The van der Waals surface area contributed by atoms with Gasteiger partial charge >= 0.3 is 0 Å². The highest BCUT2D eigenvalue weighted by molar-refractivity contribution is 5.11. The summed E-state index contributed by atoms with van der Waals surface area (Å²) in [7, 11) is 2.43. The molecule has 0 amide bonds. The summed E-state index contributed by atoms with van der Waals surface area (Å²) in [5, 5.41) is 0. The van der Waals surface area contributed by atoms with Gasteiger partial charge in [0.1, 0.15) is 0 Å². The maximum absolute atomic E-state index is 2.78. The molecule has 9 atom stereocenters. The first-order valence-corrected chi connectivity index (χ1v) is 13.4. The second-order valence-corrected chi connectivity index (χ2v) is 13.1. The Morgan fingerprint density at radius 1 is 0.828 bits per heavy atom. The number of nitrogens with zero attached hydrogens (tertiary/aromatic N) is 1. The van der Waals surface area contributed by atoms with Gasteiger partial charge in [-0.15, -0.1) is 0 Å². The fraction of sp³-hybridized carbons (Fsp3) is 1.00. The van der Waals surface area contributed by atoms with Gasteiger partial charge < -0.3 is 4.90 Å². The van der Waals surface area contributed by atoms with Crippen LogP contribution in [0.25, 0.3) is 0 Å². The van der Waals surface area contributed by atoms with Crippen LogP contribution < -0.4 is 0 Å². The van der Waals surface area contributed by atoms with E-state index in [4.69, 9.17) is 0 Å². The molecule has 1 aliphatic heterocycles. The normalized spacial score (nSPS) is 48.8. The first-order chi connectivity index (χ1) is 13.7. The van der Waals surface area contributed by atoms with Gasteiger partial charge in [-0.2, -0.15) is 0 Å². The molecule has 1 heterocycles. The number of fused-ring (bicyclic) bond motifs is 5. The van der Waals surface area contributed by atoms with Crippen LogP contribution in [0.15, 0.2) is 0 Å². The summed E-state index contributed by atoms with van der Waals surface area (Å²) in [6.45, 7) is 15.3. The van der Waals surface area contributed by atoms with Crippen LogP contribution in [0.3, 0.4) is 0 Å². The van der Waals surface area contributed by atoms with Crippen molar-refractivity contribution in [1.29, 1.82) is 0 Å². The summed E-state index contributed by atoms with van der Waals surface area (Å²) >= 11 is 0. The molecule has 0 radical (unpaired) electrons.